The van der Waals surface area contributed by atoms with Crippen LogP contribution in [0.15, 0.2) is 29.0 Å². The quantitative estimate of drug-likeness (QED) is 0.793. The lowest BCUT2D eigenvalue weighted by molar-refractivity contribution is 0.388. The van der Waals surface area contributed by atoms with Gasteiger partial charge in [-0.05, 0) is 13.0 Å². The molecule has 84 valence electrons. The van der Waals surface area contributed by atoms with Gasteiger partial charge < -0.3 is 15.2 Å². The summed E-state index contributed by atoms with van der Waals surface area (Å²) in [5.74, 6) is 2.14. The van der Waals surface area contributed by atoms with Gasteiger partial charge in [0.2, 0.25) is 5.95 Å². The van der Waals surface area contributed by atoms with Crippen LogP contribution in [0.25, 0.3) is 0 Å². The molecule has 0 aliphatic rings. The summed E-state index contributed by atoms with van der Waals surface area (Å²) < 4.78 is 4.96. The van der Waals surface area contributed by atoms with Crippen molar-refractivity contribution in [3.8, 4) is 0 Å². The van der Waals surface area contributed by atoms with E-state index in [0.29, 0.717) is 12.5 Å². The first-order chi connectivity index (χ1) is 7.88. The van der Waals surface area contributed by atoms with Crippen LogP contribution in [-0.2, 0) is 6.54 Å². The Morgan fingerprint density at radius 1 is 1.25 bits per heavy atom. The third-order valence-electron chi connectivity index (χ3n) is 1.93. The molecule has 0 radical (unpaired) electrons. The zero-order valence-corrected chi connectivity index (χ0v) is 8.97. The molecule has 16 heavy (non-hydrogen) atoms. The molecule has 0 unspecified atom stereocenters. The van der Waals surface area contributed by atoms with E-state index < -0.39 is 0 Å². The standard InChI is InChI=1S/C10H13N5O/c1-2-11-10-12-5-4-9(15-10)13-7-8-3-6-14-16-8/h3-6H,2,7H2,1H3,(H2,11,12,13,15). The lowest BCUT2D eigenvalue weighted by Gasteiger charge is -2.05. The summed E-state index contributed by atoms with van der Waals surface area (Å²) in [5.41, 5.74) is 0. The van der Waals surface area contributed by atoms with Crippen molar-refractivity contribution < 1.29 is 4.52 Å². The van der Waals surface area contributed by atoms with Crippen LogP contribution in [0, 0.1) is 0 Å². The fourth-order valence-corrected chi connectivity index (χ4v) is 1.21. The Labute approximate surface area is 93.1 Å². The van der Waals surface area contributed by atoms with Crippen molar-refractivity contribution >= 4 is 11.8 Å². The third-order valence-corrected chi connectivity index (χ3v) is 1.93. The van der Waals surface area contributed by atoms with Crippen molar-refractivity contribution in [2.75, 3.05) is 17.2 Å². The molecule has 0 fully saturated rings. The summed E-state index contributed by atoms with van der Waals surface area (Å²) >= 11 is 0. The van der Waals surface area contributed by atoms with Crippen molar-refractivity contribution in [3.05, 3.63) is 30.3 Å². The summed E-state index contributed by atoms with van der Waals surface area (Å²) in [4.78, 5) is 8.34. The van der Waals surface area contributed by atoms with Crippen LogP contribution in [0.1, 0.15) is 12.7 Å². The first-order valence-corrected chi connectivity index (χ1v) is 5.09. The normalized spacial score (nSPS) is 10.1. The van der Waals surface area contributed by atoms with Crippen LogP contribution in [0.3, 0.4) is 0 Å². The van der Waals surface area contributed by atoms with Crippen molar-refractivity contribution in [1.82, 2.24) is 15.1 Å². The minimum atomic E-state index is 0.558. The van der Waals surface area contributed by atoms with Crippen LogP contribution in [0.2, 0.25) is 0 Å². The van der Waals surface area contributed by atoms with Gasteiger partial charge in [0.1, 0.15) is 5.82 Å². The monoisotopic (exact) mass is 219 g/mol. The lowest BCUT2D eigenvalue weighted by atomic mass is 10.4. The molecule has 0 bridgehead atoms. The maximum atomic E-state index is 4.96. The van der Waals surface area contributed by atoms with Gasteiger partial charge in [0.15, 0.2) is 5.76 Å². The summed E-state index contributed by atoms with van der Waals surface area (Å²) in [7, 11) is 0. The first kappa shape index (κ1) is 10.4. The molecule has 0 aliphatic heterocycles. The second-order valence-corrected chi connectivity index (χ2v) is 3.13. The van der Waals surface area contributed by atoms with Gasteiger partial charge >= 0.3 is 0 Å². The molecule has 2 rings (SSSR count). The number of nitrogens with zero attached hydrogens (tertiary/aromatic N) is 3. The minimum Gasteiger partial charge on any atom is -0.363 e. The summed E-state index contributed by atoms with van der Waals surface area (Å²) in [5, 5.41) is 9.79. The molecule has 0 amide bonds. The molecule has 2 aromatic heterocycles. The third kappa shape index (κ3) is 2.69. The lowest BCUT2D eigenvalue weighted by Crippen LogP contribution is -2.05. The molecule has 2 aromatic rings. The zero-order valence-electron chi connectivity index (χ0n) is 8.97. The van der Waals surface area contributed by atoms with Gasteiger partial charge in [-0.1, -0.05) is 5.16 Å². The van der Waals surface area contributed by atoms with Gasteiger partial charge in [-0.25, -0.2) is 4.98 Å². The molecular formula is C10H13N5O. The van der Waals surface area contributed by atoms with E-state index >= 15 is 0 Å². The first-order valence-electron chi connectivity index (χ1n) is 5.09. The van der Waals surface area contributed by atoms with Gasteiger partial charge in [0.25, 0.3) is 0 Å². The van der Waals surface area contributed by atoms with E-state index in [1.165, 1.54) is 0 Å². The van der Waals surface area contributed by atoms with E-state index in [9.17, 15) is 0 Å². The SMILES string of the molecule is CCNc1nccc(NCc2ccno2)n1. The Morgan fingerprint density at radius 3 is 2.94 bits per heavy atom. The topological polar surface area (TPSA) is 75.9 Å². The van der Waals surface area contributed by atoms with Gasteiger partial charge in [-0.2, -0.15) is 4.98 Å². The molecule has 6 nitrogen and oxygen atoms in total. The fraction of sp³-hybridized carbons (Fsp3) is 0.300. The number of aromatic nitrogens is 3. The van der Waals surface area contributed by atoms with E-state index in [1.807, 2.05) is 6.92 Å². The van der Waals surface area contributed by atoms with Crippen LogP contribution in [-0.4, -0.2) is 21.7 Å². The molecule has 6 heteroatoms. The molecular weight excluding hydrogens is 206 g/mol. The molecule has 2 N–H and O–H groups in total. The van der Waals surface area contributed by atoms with Gasteiger partial charge in [0, 0.05) is 18.8 Å². The van der Waals surface area contributed by atoms with E-state index in [0.717, 1.165) is 18.1 Å². The van der Waals surface area contributed by atoms with E-state index in [1.54, 1.807) is 24.5 Å². The van der Waals surface area contributed by atoms with Crippen LogP contribution < -0.4 is 10.6 Å². The number of anilines is 2. The Balaban J connectivity index is 1.96. The van der Waals surface area contributed by atoms with Crippen LogP contribution >= 0.6 is 0 Å². The smallest absolute Gasteiger partial charge is 0.224 e. The Hall–Kier alpha value is -2.11. The minimum absolute atomic E-state index is 0.558. The average Bonchev–Trinajstić information content (AvgIpc) is 2.80. The van der Waals surface area contributed by atoms with Crippen molar-refractivity contribution in [2.45, 2.75) is 13.5 Å². The summed E-state index contributed by atoms with van der Waals surface area (Å²) in [6.07, 6.45) is 3.31. The Kier molecular flexibility index (Phi) is 3.32. The van der Waals surface area contributed by atoms with E-state index in [2.05, 4.69) is 25.8 Å². The largest absolute Gasteiger partial charge is 0.363 e. The number of nitrogens with one attached hydrogen (secondary N) is 2. The second kappa shape index (κ2) is 5.11. The Bertz CT molecular complexity index is 429. The van der Waals surface area contributed by atoms with Crippen molar-refractivity contribution in [2.24, 2.45) is 0 Å². The highest BCUT2D eigenvalue weighted by Crippen LogP contribution is 2.07. The van der Waals surface area contributed by atoms with E-state index in [4.69, 9.17) is 4.52 Å². The highest BCUT2D eigenvalue weighted by molar-refractivity contribution is 5.39. The number of hydrogen-bond acceptors (Lipinski definition) is 6. The average molecular weight is 219 g/mol. The van der Waals surface area contributed by atoms with Gasteiger partial charge in [-0.15, -0.1) is 0 Å². The molecule has 2 heterocycles. The van der Waals surface area contributed by atoms with Gasteiger partial charge in [-0.3, -0.25) is 0 Å². The summed E-state index contributed by atoms with van der Waals surface area (Å²) in [6, 6.07) is 3.61. The number of rotatable bonds is 5. The molecule has 0 saturated heterocycles. The predicted octanol–water partition coefficient (Wildman–Crippen LogP) is 1.51. The zero-order chi connectivity index (χ0) is 11.2. The van der Waals surface area contributed by atoms with Crippen LogP contribution in [0.4, 0.5) is 11.8 Å². The molecule has 0 atom stereocenters. The molecule has 0 spiro atoms. The summed E-state index contributed by atoms with van der Waals surface area (Å²) in [6.45, 7) is 3.35. The maximum Gasteiger partial charge on any atom is 0.224 e. The molecule has 0 aromatic carbocycles. The molecule has 0 saturated carbocycles. The van der Waals surface area contributed by atoms with Crippen LogP contribution in [0.5, 0.6) is 0 Å². The van der Waals surface area contributed by atoms with Gasteiger partial charge in [0.05, 0.1) is 12.7 Å². The number of hydrogen-bond donors (Lipinski definition) is 2. The molecule has 0 aliphatic carbocycles. The Morgan fingerprint density at radius 2 is 2.19 bits per heavy atom. The van der Waals surface area contributed by atoms with Crippen molar-refractivity contribution in [1.29, 1.82) is 0 Å². The maximum absolute atomic E-state index is 4.96. The second-order valence-electron chi connectivity index (χ2n) is 3.13. The fourth-order valence-electron chi connectivity index (χ4n) is 1.21. The predicted molar refractivity (Wildman–Crippen MR) is 60.0 cm³/mol. The highest BCUT2D eigenvalue weighted by atomic mass is 16.5. The van der Waals surface area contributed by atoms with Crippen molar-refractivity contribution in [3.63, 3.8) is 0 Å². The highest BCUT2D eigenvalue weighted by Gasteiger charge is 1.99. The van der Waals surface area contributed by atoms with E-state index in [-0.39, 0.29) is 0 Å².